The summed E-state index contributed by atoms with van der Waals surface area (Å²) in [7, 11) is 1.66. The van der Waals surface area contributed by atoms with Crippen molar-refractivity contribution in [3.8, 4) is 0 Å². The number of carbonyl (C=O) groups is 3. The largest absolute Gasteiger partial charge is 0.442 e. The Bertz CT molecular complexity index is 847. The fourth-order valence-corrected chi connectivity index (χ4v) is 3.61. The van der Waals surface area contributed by atoms with Gasteiger partial charge < -0.3 is 20.1 Å². The summed E-state index contributed by atoms with van der Waals surface area (Å²) in [5.41, 5.74) is -0.240. The van der Waals surface area contributed by atoms with Gasteiger partial charge in [-0.05, 0) is 0 Å². The summed E-state index contributed by atoms with van der Waals surface area (Å²) in [4.78, 5) is 37.6. The van der Waals surface area contributed by atoms with E-state index in [0.717, 1.165) is 17.0 Å². The molecule has 0 aliphatic carbocycles. The lowest BCUT2D eigenvalue weighted by Gasteiger charge is -2.28. The number of hydrazine groups is 1. The molecule has 0 unspecified atom stereocenters. The van der Waals surface area contributed by atoms with Gasteiger partial charge in [0.2, 0.25) is 5.91 Å². The third-order valence-electron chi connectivity index (χ3n) is 5.19. The zero-order valence-electron chi connectivity index (χ0n) is 17.3. The molecule has 170 valence electrons. The average molecular weight is 441 g/mol. The highest BCUT2D eigenvalue weighted by Crippen LogP contribution is 2.31. The highest BCUT2D eigenvalue weighted by molar-refractivity contribution is 5.90. The fourth-order valence-electron chi connectivity index (χ4n) is 3.61. The predicted octanol–water partition coefficient (Wildman–Crippen LogP) is -0.0862. The summed E-state index contributed by atoms with van der Waals surface area (Å²) in [6.07, 6.45) is -1.38. The lowest BCUT2D eigenvalue weighted by molar-refractivity contribution is -0.148. The van der Waals surface area contributed by atoms with E-state index in [-0.39, 0.29) is 50.0 Å². The van der Waals surface area contributed by atoms with Crippen LogP contribution in [0.15, 0.2) is 12.1 Å². The van der Waals surface area contributed by atoms with Gasteiger partial charge in [0.1, 0.15) is 18.4 Å². The molecule has 3 amide bonds. The molecule has 0 bridgehead atoms. The molecule has 0 spiro atoms. The predicted molar refractivity (Wildman–Crippen MR) is 106 cm³/mol. The number of nitrogens with zero attached hydrogens (tertiary/aromatic N) is 4. The van der Waals surface area contributed by atoms with Gasteiger partial charge in [-0.1, -0.05) is 0 Å². The Morgan fingerprint density at radius 1 is 1.19 bits per heavy atom. The molecule has 0 saturated carbocycles. The summed E-state index contributed by atoms with van der Waals surface area (Å²) >= 11 is 0. The number of aliphatic hydroxyl groups is 1. The van der Waals surface area contributed by atoms with Gasteiger partial charge in [0.05, 0.1) is 25.3 Å². The minimum atomic E-state index is -0.849. The van der Waals surface area contributed by atoms with Crippen molar-refractivity contribution in [1.82, 2.24) is 15.3 Å². The second kappa shape index (κ2) is 9.43. The number of rotatable bonds is 5. The van der Waals surface area contributed by atoms with E-state index in [0.29, 0.717) is 6.54 Å². The van der Waals surface area contributed by atoms with Crippen LogP contribution in [0.4, 0.5) is 25.0 Å². The van der Waals surface area contributed by atoms with Crippen molar-refractivity contribution in [3.63, 3.8) is 0 Å². The van der Waals surface area contributed by atoms with Crippen molar-refractivity contribution in [2.45, 2.75) is 13.0 Å². The molecule has 1 atom stereocenters. The van der Waals surface area contributed by atoms with Gasteiger partial charge in [-0.15, -0.1) is 0 Å². The lowest BCUT2D eigenvalue weighted by atomic mass is 10.2. The van der Waals surface area contributed by atoms with E-state index in [9.17, 15) is 23.2 Å². The first-order valence-electron chi connectivity index (χ1n) is 9.80. The van der Waals surface area contributed by atoms with Crippen molar-refractivity contribution in [3.05, 3.63) is 23.8 Å². The number of halogens is 2. The summed E-state index contributed by atoms with van der Waals surface area (Å²) in [6, 6.07) is 2.12. The Kier molecular flexibility index (Phi) is 6.91. The number of carbonyl (C=O) groups excluding carboxylic acids is 3. The van der Waals surface area contributed by atoms with Crippen LogP contribution in [0.5, 0.6) is 0 Å². The molecular weight excluding hydrogens is 416 g/mol. The summed E-state index contributed by atoms with van der Waals surface area (Å²) < 4.78 is 35.0. The van der Waals surface area contributed by atoms with Gasteiger partial charge in [-0.3, -0.25) is 19.5 Å². The smallest absolute Gasteiger partial charge is 0.414 e. The zero-order valence-corrected chi connectivity index (χ0v) is 17.3. The standard InChI is InChI=1S/C19H25F2N5O5/c1-12(28)22-9-14-10-25(19(30)31-14)13-7-15(20)18(16(21)8-13)24-4-3-23(2)26(6-5-24)17(29)11-27/h7-8,14,27H,3-6,9-11H2,1-2H3,(H,22,28)/t14-/m0/s1. The second-order valence-corrected chi connectivity index (χ2v) is 7.35. The summed E-state index contributed by atoms with van der Waals surface area (Å²) in [6.45, 7) is 1.70. The van der Waals surface area contributed by atoms with Gasteiger partial charge in [-0.25, -0.2) is 18.6 Å². The van der Waals surface area contributed by atoms with E-state index >= 15 is 0 Å². The van der Waals surface area contributed by atoms with Crippen LogP contribution in [-0.2, 0) is 14.3 Å². The number of amides is 3. The van der Waals surface area contributed by atoms with Crippen molar-refractivity contribution in [2.24, 2.45) is 0 Å². The molecule has 2 heterocycles. The highest BCUT2D eigenvalue weighted by Gasteiger charge is 2.34. The van der Waals surface area contributed by atoms with E-state index in [1.807, 2.05) is 0 Å². The van der Waals surface area contributed by atoms with E-state index in [1.165, 1.54) is 16.8 Å². The quantitative estimate of drug-likeness (QED) is 0.658. The van der Waals surface area contributed by atoms with Gasteiger partial charge in [0, 0.05) is 45.7 Å². The molecule has 2 saturated heterocycles. The molecule has 2 aliphatic rings. The SMILES string of the molecule is CC(=O)NC[C@H]1CN(c2cc(F)c(N3CCN(C)N(C(=O)CO)CC3)c(F)c2)C(=O)O1. The number of likely N-dealkylation sites (N-methyl/N-ethyl adjacent to an activating group) is 1. The number of nitrogens with one attached hydrogen (secondary N) is 1. The summed E-state index contributed by atoms with van der Waals surface area (Å²) in [5.74, 6) is -2.48. The number of aliphatic hydroxyl groups excluding tert-OH is 1. The van der Waals surface area contributed by atoms with E-state index in [4.69, 9.17) is 9.84 Å². The normalized spacial score (nSPS) is 20.0. The molecule has 1 aromatic carbocycles. The number of ether oxygens (including phenoxy) is 1. The molecule has 2 fully saturated rings. The van der Waals surface area contributed by atoms with Gasteiger partial charge in [0.15, 0.2) is 11.6 Å². The molecule has 0 radical (unpaired) electrons. The Morgan fingerprint density at radius 2 is 1.84 bits per heavy atom. The molecule has 10 nitrogen and oxygen atoms in total. The second-order valence-electron chi connectivity index (χ2n) is 7.35. The number of hydrogen-bond donors (Lipinski definition) is 2. The Hall–Kier alpha value is -2.99. The average Bonchev–Trinajstić information content (AvgIpc) is 2.98. The van der Waals surface area contributed by atoms with Crippen LogP contribution >= 0.6 is 0 Å². The minimum Gasteiger partial charge on any atom is -0.442 e. The number of cyclic esters (lactones) is 1. The highest BCUT2D eigenvalue weighted by atomic mass is 19.1. The fraction of sp³-hybridized carbons (Fsp3) is 0.526. The van der Waals surface area contributed by atoms with E-state index in [1.54, 1.807) is 12.1 Å². The maximum Gasteiger partial charge on any atom is 0.414 e. The minimum absolute atomic E-state index is 0.0121. The Balaban J connectivity index is 1.76. The first kappa shape index (κ1) is 22.7. The first-order chi connectivity index (χ1) is 14.7. The van der Waals surface area contributed by atoms with Crippen LogP contribution in [0.3, 0.4) is 0 Å². The van der Waals surface area contributed by atoms with Crippen molar-refractivity contribution < 1.29 is 33.0 Å². The monoisotopic (exact) mass is 441 g/mol. The molecule has 31 heavy (non-hydrogen) atoms. The van der Waals surface area contributed by atoms with Crippen LogP contribution in [0.25, 0.3) is 0 Å². The third kappa shape index (κ3) is 5.02. The molecule has 2 N–H and O–H groups in total. The lowest BCUT2D eigenvalue weighted by Crippen LogP contribution is -2.46. The van der Waals surface area contributed by atoms with Crippen LogP contribution in [0, 0.1) is 11.6 Å². The van der Waals surface area contributed by atoms with Crippen LogP contribution < -0.4 is 15.1 Å². The number of anilines is 2. The topological polar surface area (TPSA) is 106 Å². The third-order valence-corrected chi connectivity index (χ3v) is 5.19. The van der Waals surface area contributed by atoms with Gasteiger partial charge in [-0.2, -0.15) is 0 Å². The number of benzene rings is 1. The molecule has 3 rings (SSSR count). The molecule has 1 aromatic rings. The van der Waals surface area contributed by atoms with Crippen LogP contribution in [-0.4, -0.2) is 92.1 Å². The van der Waals surface area contributed by atoms with Gasteiger partial charge in [0.25, 0.3) is 5.91 Å². The van der Waals surface area contributed by atoms with E-state index in [2.05, 4.69) is 5.32 Å². The van der Waals surface area contributed by atoms with Gasteiger partial charge >= 0.3 is 6.09 Å². The van der Waals surface area contributed by atoms with Crippen molar-refractivity contribution in [1.29, 1.82) is 0 Å². The van der Waals surface area contributed by atoms with Crippen LogP contribution in [0.2, 0.25) is 0 Å². The maximum atomic E-state index is 14.9. The Labute approximate surface area is 177 Å². The van der Waals surface area contributed by atoms with Crippen molar-refractivity contribution in [2.75, 3.05) is 62.7 Å². The molecule has 12 heteroatoms. The maximum absolute atomic E-state index is 14.9. The molecule has 2 aliphatic heterocycles. The van der Waals surface area contributed by atoms with Crippen LogP contribution in [0.1, 0.15) is 6.92 Å². The van der Waals surface area contributed by atoms with Crippen molar-refractivity contribution >= 4 is 29.3 Å². The molecular formula is C19H25F2N5O5. The Morgan fingerprint density at radius 3 is 2.45 bits per heavy atom. The molecule has 0 aromatic heterocycles. The number of hydrogen-bond acceptors (Lipinski definition) is 7. The first-order valence-corrected chi connectivity index (χ1v) is 9.80. The summed E-state index contributed by atoms with van der Waals surface area (Å²) in [5, 5.41) is 14.6. The van der Waals surface area contributed by atoms with E-state index < -0.39 is 36.3 Å². The zero-order chi connectivity index (χ0) is 22.7.